The van der Waals surface area contributed by atoms with Crippen molar-refractivity contribution in [1.29, 1.82) is 0 Å². The Morgan fingerprint density at radius 2 is 1.96 bits per heavy atom. The molecule has 0 bridgehead atoms. The summed E-state index contributed by atoms with van der Waals surface area (Å²) in [6.07, 6.45) is 1.66. The maximum absolute atomic E-state index is 12.8. The number of rotatable bonds is 7. The molecule has 0 unspecified atom stereocenters. The summed E-state index contributed by atoms with van der Waals surface area (Å²) in [5.74, 6) is -0.171. The van der Waals surface area contributed by atoms with E-state index in [0.717, 1.165) is 29.1 Å². The van der Waals surface area contributed by atoms with Crippen molar-refractivity contribution in [2.75, 3.05) is 20.6 Å². The predicted octanol–water partition coefficient (Wildman–Crippen LogP) is 3.05. The Hall–Kier alpha value is -2.99. The van der Waals surface area contributed by atoms with Gasteiger partial charge in [0.2, 0.25) is 0 Å². The van der Waals surface area contributed by atoms with E-state index in [9.17, 15) is 4.79 Å². The molecule has 2 heterocycles. The minimum atomic E-state index is -0.171. The highest BCUT2D eigenvalue weighted by Crippen LogP contribution is 2.23. The van der Waals surface area contributed by atoms with E-state index in [1.807, 2.05) is 63.0 Å². The van der Waals surface area contributed by atoms with Gasteiger partial charge in [-0.2, -0.15) is 5.10 Å². The number of benzene rings is 1. The topological polar surface area (TPSA) is 63.1 Å². The zero-order chi connectivity index (χ0) is 20.1. The molecule has 146 valence electrons. The molecule has 28 heavy (non-hydrogen) atoms. The second kappa shape index (κ2) is 8.80. The number of hydrogen-bond donors (Lipinski definition) is 1. The van der Waals surface area contributed by atoms with Gasteiger partial charge in [0.25, 0.3) is 5.91 Å². The molecule has 0 aliphatic heterocycles. The van der Waals surface area contributed by atoms with E-state index in [-0.39, 0.29) is 5.91 Å². The van der Waals surface area contributed by atoms with Gasteiger partial charge >= 0.3 is 0 Å². The van der Waals surface area contributed by atoms with Crippen molar-refractivity contribution in [2.45, 2.75) is 26.9 Å². The van der Waals surface area contributed by atoms with Crippen LogP contribution in [0.15, 0.2) is 48.7 Å². The standard InChI is InChI=1S/C22H27N5O/c1-16-13-17(2)27(25-16)12-11-24-22(28)21-20(9-6-10-23-21)19-8-5-7-18(14-19)15-26(3)4/h5-10,13-14H,11-12,15H2,1-4H3,(H,24,28). The lowest BCUT2D eigenvalue weighted by Crippen LogP contribution is -2.29. The van der Waals surface area contributed by atoms with Gasteiger partial charge < -0.3 is 10.2 Å². The summed E-state index contributed by atoms with van der Waals surface area (Å²) in [5.41, 5.74) is 5.54. The number of pyridine rings is 1. The number of nitrogens with one attached hydrogen (secondary N) is 1. The fraction of sp³-hybridized carbons (Fsp3) is 0.318. The first-order valence-electron chi connectivity index (χ1n) is 9.42. The van der Waals surface area contributed by atoms with Gasteiger partial charge in [0, 0.05) is 30.5 Å². The van der Waals surface area contributed by atoms with Crippen LogP contribution in [0.1, 0.15) is 27.4 Å². The molecule has 3 rings (SSSR count). The van der Waals surface area contributed by atoms with Crippen LogP contribution in [0.2, 0.25) is 0 Å². The Morgan fingerprint density at radius 3 is 2.68 bits per heavy atom. The van der Waals surface area contributed by atoms with Crippen molar-refractivity contribution < 1.29 is 4.79 Å². The van der Waals surface area contributed by atoms with Crippen LogP contribution in [0.5, 0.6) is 0 Å². The van der Waals surface area contributed by atoms with Gasteiger partial charge in [-0.25, -0.2) is 0 Å². The van der Waals surface area contributed by atoms with Crippen LogP contribution in [-0.4, -0.2) is 46.2 Å². The molecular formula is C22H27N5O. The van der Waals surface area contributed by atoms with Gasteiger partial charge in [-0.3, -0.25) is 14.5 Å². The first kappa shape index (κ1) is 19.8. The van der Waals surface area contributed by atoms with Crippen LogP contribution in [0, 0.1) is 13.8 Å². The second-order valence-corrected chi connectivity index (χ2v) is 7.24. The molecule has 0 spiro atoms. The quantitative estimate of drug-likeness (QED) is 0.687. The zero-order valence-electron chi connectivity index (χ0n) is 16.9. The Balaban J connectivity index is 1.74. The zero-order valence-corrected chi connectivity index (χ0v) is 16.9. The maximum atomic E-state index is 12.8. The molecule has 0 saturated heterocycles. The Kier molecular flexibility index (Phi) is 6.21. The average molecular weight is 377 g/mol. The third-order valence-corrected chi connectivity index (χ3v) is 4.47. The van der Waals surface area contributed by atoms with E-state index >= 15 is 0 Å². The van der Waals surface area contributed by atoms with E-state index in [0.29, 0.717) is 18.8 Å². The molecule has 0 fully saturated rings. The van der Waals surface area contributed by atoms with Crippen molar-refractivity contribution in [2.24, 2.45) is 0 Å². The largest absolute Gasteiger partial charge is 0.349 e. The highest BCUT2D eigenvalue weighted by molar-refractivity contribution is 5.98. The number of carbonyl (C=O) groups is 1. The summed E-state index contributed by atoms with van der Waals surface area (Å²) in [6, 6.07) is 14.1. The van der Waals surface area contributed by atoms with Gasteiger partial charge in [0.15, 0.2) is 0 Å². The minimum Gasteiger partial charge on any atom is -0.349 e. The van der Waals surface area contributed by atoms with Gasteiger partial charge in [0.05, 0.1) is 12.2 Å². The molecule has 1 amide bonds. The third-order valence-electron chi connectivity index (χ3n) is 4.47. The van der Waals surface area contributed by atoms with Crippen molar-refractivity contribution in [1.82, 2.24) is 25.0 Å². The second-order valence-electron chi connectivity index (χ2n) is 7.24. The minimum absolute atomic E-state index is 0.171. The number of hydrogen-bond acceptors (Lipinski definition) is 4. The van der Waals surface area contributed by atoms with Crippen LogP contribution in [0.4, 0.5) is 0 Å². The first-order chi connectivity index (χ1) is 13.4. The maximum Gasteiger partial charge on any atom is 0.270 e. The Morgan fingerprint density at radius 1 is 1.14 bits per heavy atom. The molecule has 1 aromatic carbocycles. The molecule has 6 heteroatoms. The summed E-state index contributed by atoms with van der Waals surface area (Å²) >= 11 is 0. The lowest BCUT2D eigenvalue weighted by molar-refractivity contribution is 0.0947. The van der Waals surface area contributed by atoms with Crippen LogP contribution >= 0.6 is 0 Å². The molecule has 3 aromatic rings. The van der Waals surface area contributed by atoms with Crippen LogP contribution in [-0.2, 0) is 13.1 Å². The molecule has 1 N–H and O–H groups in total. The van der Waals surface area contributed by atoms with E-state index in [1.165, 1.54) is 5.56 Å². The summed E-state index contributed by atoms with van der Waals surface area (Å²) in [4.78, 5) is 19.2. The van der Waals surface area contributed by atoms with E-state index in [4.69, 9.17) is 0 Å². The lowest BCUT2D eigenvalue weighted by atomic mass is 10.0. The molecule has 0 radical (unpaired) electrons. The van der Waals surface area contributed by atoms with Gasteiger partial charge in [-0.15, -0.1) is 0 Å². The summed E-state index contributed by atoms with van der Waals surface area (Å²) in [7, 11) is 4.08. The van der Waals surface area contributed by atoms with Crippen LogP contribution < -0.4 is 5.32 Å². The molecule has 0 atom stereocenters. The van der Waals surface area contributed by atoms with E-state index < -0.39 is 0 Å². The normalized spacial score (nSPS) is 11.0. The smallest absolute Gasteiger partial charge is 0.270 e. The number of aromatic nitrogens is 3. The van der Waals surface area contributed by atoms with Crippen molar-refractivity contribution in [3.63, 3.8) is 0 Å². The van der Waals surface area contributed by atoms with Gasteiger partial charge in [-0.1, -0.05) is 24.3 Å². The molecule has 0 aliphatic rings. The number of nitrogens with zero attached hydrogens (tertiary/aromatic N) is 4. The van der Waals surface area contributed by atoms with Crippen LogP contribution in [0.25, 0.3) is 11.1 Å². The fourth-order valence-corrected chi connectivity index (χ4v) is 3.28. The highest BCUT2D eigenvalue weighted by Gasteiger charge is 2.14. The molecular weight excluding hydrogens is 350 g/mol. The predicted molar refractivity (Wildman–Crippen MR) is 111 cm³/mol. The molecule has 0 aliphatic carbocycles. The summed E-state index contributed by atoms with van der Waals surface area (Å²) in [5, 5.41) is 7.39. The van der Waals surface area contributed by atoms with E-state index in [2.05, 4.69) is 32.4 Å². The van der Waals surface area contributed by atoms with Crippen molar-refractivity contribution in [3.8, 4) is 11.1 Å². The van der Waals surface area contributed by atoms with E-state index in [1.54, 1.807) is 6.20 Å². The van der Waals surface area contributed by atoms with Gasteiger partial charge in [-0.05, 0) is 57.3 Å². The Bertz CT molecular complexity index is 961. The molecule has 2 aromatic heterocycles. The third kappa shape index (κ3) is 4.84. The number of amides is 1. The monoisotopic (exact) mass is 377 g/mol. The van der Waals surface area contributed by atoms with Crippen molar-refractivity contribution >= 4 is 5.91 Å². The number of carbonyl (C=O) groups excluding carboxylic acids is 1. The summed E-state index contributed by atoms with van der Waals surface area (Å²) in [6.45, 7) is 5.95. The molecule has 0 saturated carbocycles. The number of aryl methyl sites for hydroxylation is 2. The van der Waals surface area contributed by atoms with Crippen LogP contribution in [0.3, 0.4) is 0 Å². The fourth-order valence-electron chi connectivity index (χ4n) is 3.28. The Labute approximate surface area is 166 Å². The molecule has 6 nitrogen and oxygen atoms in total. The average Bonchev–Trinajstić information content (AvgIpc) is 2.98. The lowest BCUT2D eigenvalue weighted by Gasteiger charge is -2.13. The first-order valence-corrected chi connectivity index (χ1v) is 9.42. The van der Waals surface area contributed by atoms with Crippen molar-refractivity contribution in [3.05, 3.63) is 71.3 Å². The van der Waals surface area contributed by atoms with Gasteiger partial charge in [0.1, 0.15) is 5.69 Å². The summed E-state index contributed by atoms with van der Waals surface area (Å²) < 4.78 is 1.90. The SMILES string of the molecule is Cc1cc(C)n(CCNC(=O)c2ncccc2-c2cccc(CN(C)C)c2)n1. The highest BCUT2D eigenvalue weighted by atomic mass is 16.1.